The molecule has 0 saturated heterocycles. The van der Waals surface area contributed by atoms with Crippen LogP contribution in [0.1, 0.15) is 80.5 Å². The van der Waals surface area contributed by atoms with E-state index in [1.54, 1.807) is 22.3 Å². The molecule has 2 heteroatoms. The molecule has 55 heavy (non-hydrogen) atoms. The molecule has 7 aromatic rings. The first-order valence-corrected chi connectivity index (χ1v) is 21.3. The van der Waals surface area contributed by atoms with Crippen molar-refractivity contribution in [3.63, 3.8) is 0 Å². The molecule has 4 bridgehead atoms. The smallest absolute Gasteiger partial charge is 0.137 e. The number of nitrogens with zero attached hydrogens (tertiary/aromatic N) is 1. The predicted molar refractivity (Wildman–Crippen MR) is 223 cm³/mol. The van der Waals surface area contributed by atoms with Gasteiger partial charge in [0.15, 0.2) is 0 Å². The van der Waals surface area contributed by atoms with Gasteiger partial charge in [0, 0.05) is 27.5 Å². The van der Waals surface area contributed by atoms with Gasteiger partial charge in [-0.1, -0.05) is 104 Å². The van der Waals surface area contributed by atoms with E-state index in [9.17, 15) is 0 Å². The Balaban J connectivity index is 1.06. The standard InChI is InChI=1S/C53H45NO/c1-31-27-51-29-34(51)25-35(30-51)53(31)42-14-6-3-11-39(42)49-43(53)15-8-16-45(49)54(46-17-9-19-48-50(46)40-12-4-7-18-47(40)55-48)36-22-23-38-37-10-2-5-13-41(37)52(44(38)26-36)28-32-20-21-33(52)24-32/h2-19,22-23,26,31-35H,20-21,24-25,27-30H2,1H3/t31-,32?,33?,34?,35+,51-,52?,53+/m0/s1. The number of benzene rings is 6. The number of furan rings is 1. The molecule has 0 aliphatic heterocycles. The van der Waals surface area contributed by atoms with Gasteiger partial charge in [0.1, 0.15) is 11.2 Å². The summed E-state index contributed by atoms with van der Waals surface area (Å²) in [4.78, 5) is 2.66. The van der Waals surface area contributed by atoms with E-state index < -0.39 is 0 Å². The molecule has 0 amide bonds. The maximum absolute atomic E-state index is 6.61. The van der Waals surface area contributed by atoms with Gasteiger partial charge in [-0.2, -0.15) is 0 Å². The van der Waals surface area contributed by atoms with Crippen molar-refractivity contribution in [3.8, 4) is 22.3 Å². The Morgan fingerprint density at radius 3 is 2.20 bits per heavy atom. The summed E-state index contributed by atoms with van der Waals surface area (Å²) in [5, 5.41) is 2.37. The van der Waals surface area contributed by atoms with Crippen LogP contribution >= 0.6 is 0 Å². The molecule has 14 rings (SSSR count). The number of hydrogen-bond acceptors (Lipinski definition) is 2. The fourth-order valence-electron chi connectivity index (χ4n) is 15.2. The first-order chi connectivity index (χ1) is 27.1. The van der Waals surface area contributed by atoms with Crippen LogP contribution in [0.3, 0.4) is 0 Å². The van der Waals surface area contributed by atoms with Gasteiger partial charge in [-0.25, -0.2) is 0 Å². The van der Waals surface area contributed by atoms with Crippen LogP contribution in [0.5, 0.6) is 0 Å². The van der Waals surface area contributed by atoms with Gasteiger partial charge in [0.25, 0.3) is 0 Å². The molecule has 8 atom stereocenters. The van der Waals surface area contributed by atoms with E-state index in [0.29, 0.717) is 23.2 Å². The summed E-state index contributed by atoms with van der Waals surface area (Å²) in [6.07, 6.45) is 11.0. The summed E-state index contributed by atoms with van der Waals surface area (Å²) in [7, 11) is 0. The van der Waals surface area contributed by atoms with E-state index in [4.69, 9.17) is 4.42 Å². The van der Waals surface area contributed by atoms with Crippen LogP contribution in [0.2, 0.25) is 0 Å². The van der Waals surface area contributed by atoms with Crippen LogP contribution < -0.4 is 4.90 Å². The van der Waals surface area contributed by atoms with E-state index >= 15 is 0 Å². The molecule has 0 radical (unpaired) electrons. The van der Waals surface area contributed by atoms with E-state index in [-0.39, 0.29) is 10.8 Å². The second kappa shape index (κ2) is 10.0. The summed E-state index contributed by atoms with van der Waals surface area (Å²) in [5.41, 5.74) is 18.6. The van der Waals surface area contributed by atoms with Crippen molar-refractivity contribution in [3.05, 3.63) is 150 Å². The lowest BCUT2D eigenvalue weighted by atomic mass is 9.55. The van der Waals surface area contributed by atoms with Gasteiger partial charge in [-0.15, -0.1) is 0 Å². The van der Waals surface area contributed by atoms with E-state index in [0.717, 1.165) is 23.0 Å². The Labute approximate surface area is 323 Å². The summed E-state index contributed by atoms with van der Waals surface area (Å²) < 4.78 is 6.61. The zero-order valence-corrected chi connectivity index (χ0v) is 31.5. The molecule has 1 aromatic heterocycles. The predicted octanol–water partition coefficient (Wildman–Crippen LogP) is 13.9. The van der Waals surface area contributed by atoms with Crippen LogP contribution in [0, 0.1) is 35.0 Å². The highest BCUT2D eigenvalue weighted by molar-refractivity contribution is 6.14. The first-order valence-electron chi connectivity index (χ1n) is 21.3. The lowest BCUT2D eigenvalue weighted by molar-refractivity contribution is 0.130. The maximum atomic E-state index is 6.61. The molecule has 1 heterocycles. The zero-order valence-electron chi connectivity index (χ0n) is 31.5. The molecule has 268 valence electrons. The molecular weight excluding hydrogens is 667 g/mol. The average molecular weight is 712 g/mol. The third-order valence-electron chi connectivity index (χ3n) is 17.0. The first kappa shape index (κ1) is 30.2. The second-order valence-corrected chi connectivity index (χ2v) is 19.0. The van der Waals surface area contributed by atoms with Gasteiger partial charge < -0.3 is 9.32 Å². The second-order valence-electron chi connectivity index (χ2n) is 19.0. The number of fused-ring (bicyclic) bond motifs is 18. The molecule has 2 nitrogen and oxygen atoms in total. The highest BCUT2D eigenvalue weighted by Gasteiger charge is 2.70. The lowest BCUT2D eigenvalue weighted by Crippen LogP contribution is -2.44. The maximum Gasteiger partial charge on any atom is 0.137 e. The largest absolute Gasteiger partial charge is 0.456 e. The van der Waals surface area contributed by atoms with Gasteiger partial charge in [0.2, 0.25) is 0 Å². The van der Waals surface area contributed by atoms with E-state index in [1.165, 1.54) is 101 Å². The molecule has 3 spiro atoms. The molecule has 7 aliphatic carbocycles. The summed E-state index contributed by atoms with van der Waals surface area (Å²) in [6.45, 7) is 2.61. The van der Waals surface area contributed by atoms with Crippen molar-refractivity contribution in [2.24, 2.45) is 35.0 Å². The molecule has 6 aromatic carbocycles. The van der Waals surface area contributed by atoms with Crippen molar-refractivity contribution >= 4 is 39.0 Å². The number of rotatable bonds is 3. The highest BCUT2D eigenvalue weighted by Crippen LogP contribution is 2.78. The summed E-state index contributed by atoms with van der Waals surface area (Å²) in [5.74, 6) is 3.81. The minimum atomic E-state index is 0.0628. The Bertz CT molecular complexity index is 2830. The Hall–Kier alpha value is -5.08. The van der Waals surface area contributed by atoms with Crippen LogP contribution in [0.25, 0.3) is 44.2 Å². The number of para-hydroxylation sites is 1. The minimum absolute atomic E-state index is 0.0628. The SMILES string of the molecule is C[C@H]1C[C@@]23CC2C[C@H](C3)[C@@]12c1ccccc1-c1c(N(c3ccc4c(c3)C3(CC5CCC3C5)c3ccccc3-4)c3cccc4oc5ccccc5c34)cccc12. The van der Waals surface area contributed by atoms with Crippen LogP contribution in [0.4, 0.5) is 17.1 Å². The Kier molecular flexibility index (Phi) is 5.49. The molecular formula is C53H45NO. The van der Waals surface area contributed by atoms with Crippen LogP contribution in [0.15, 0.2) is 132 Å². The number of hydrogen-bond donors (Lipinski definition) is 0. The molecule has 0 N–H and O–H groups in total. The van der Waals surface area contributed by atoms with E-state index in [1.807, 2.05) is 0 Å². The van der Waals surface area contributed by atoms with Gasteiger partial charge in [-0.05, 0) is 155 Å². The van der Waals surface area contributed by atoms with Crippen molar-refractivity contribution in [1.29, 1.82) is 0 Å². The Morgan fingerprint density at radius 2 is 1.31 bits per heavy atom. The zero-order chi connectivity index (χ0) is 35.8. The van der Waals surface area contributed by atoms with Gasteiger partial charge >= 0.3 is 0 Å². The fraction of sp³-hybridized carbons (Fsp3) is 0.321. The molecule has 5 saturated carbocycles. The van der Waals surface area contributed by atoms with Crippen LogP contribution in [-0.4, -0.2) is 0 Å². The minimum Gasteiger partial charge on any atom is -0.456 e. The quantitative estimate of drug-likeness (QED) is 0.181. The molecule has 4 unspecified atom stereocenters. The lowest BCUT2D eigenvalue weighted by Gasteiger charge is -2.48. The Morgan fingerprint density at radius 1 is 0.564 bits per heavy atom. The normalized spacial score (nSPS) is 32.3. The third-order valence-corrected chi connectivity index (χ3v) is 17.0. The van der Waals surface area contributed by atoms with Crippen molar-refractivity contribution < 1.29 is 4.42 Å². The summed E-state index contributed by atoms with van der Waals surface area (Å²) in [6, 6.07) is 49.3. The monoisotopic (exact) mass is 711 g/mol. The van der Waals surface area contributed by atoms with E-state index in [2.05, 4.69) is 139 Å². The van der Waals surface area contributed by atoms with Crippen molar-refractivity contribution in [1.82, 2.24) is 0 Å². The summed E-state index contributed by atoms with van der Waals surface area (Å²) >= 11 is 0. The highest BCUT2D eigenvalue weighted by atomic mass is 16.3. The topological polar surface area (TPSA) is 16.4 Å². The van der Waals surface area contributed by atoms with Gasteiger partial charge in [-0.3, -0.25) is 0 Å². The number of anilines is 3. The van der Waals surface area contributed by atoms with Gasteiger partial charge in [0.05, 0.1) is 16.8 Å². The van der Waals surface area contributed by atoms with Crippen molar-refractivity contribution in [2.75, 3.05) is 4.90 Å². The third kappa shape index (κ3) is 3.48. The van der Waals surface area contributed by atoms with Crippen molar-refractivity contribution in [2.45, 2.75) is 69.1 Å². The molecule has 7 aliphatic rings. The van der Waals surface area contributed by atoms with Crippen LogP contribution in [-0.2, 0) is 10.8 Å². The fourth-order valence-corrected chi connectivity index (χ4v) is 15.2. The molecule has 5 fully saturated rings. The average Bonchev–Trinajstić information content (AvgIpc) is 3.87.